The molecule has 1 aliphatic heterocycles. The van der Waals surface area contributed by atoms with Crippen molar-refractivity contribution in [3.8, 4) is 0 Å². The summed E-state index contributed by atoms with van der Waals surface area (Å²) in [7, 11) is 3.69. The molecule has 1 fully saturated rings. The van der Waals surface area contributed by atoms with Crippen molar-refractivity contribution in [3.05, 3.63) is 79.8 Å². The SMILES string of the molecule is Cc1cccc(/C=C2\CN(C(=O)CCN(C)C)C/C(=C\c3cccc(C(F)(F)F)c3Cl)C2=O)c1Cl. The van der Waals surface area contributed by atoms with Crippen molar-refractivity contribution < 1.29 is 22.8 Å². The highest BCUT2D eigenvalue weighted by atomic mass is 35.5. The van der Waals surface area contributed by atoms with Gasteiger partial charge < -0.3 is 9.80 Å². The van der Waals surface area contributed by atoms with Gasteiger partial charge in [0.05, 0.1) is 15.6 Å². The van der Waals surface area contributed by atoms with Gasteiger partial charge >= 0.3 is 6.18 Å². The summed E-state index contributed by atoms with van der Waals surface area (Å²) in [5, 5.41) is -0.0149. The second-order valence-corrected chi connectivity index (χ2v) is 9.41. The standard InChI is InChI=1S/C26H25Cl2F3N2O2/c1-16-6-4-7-17(23(16)27)12-19-14-33(22(34)10-11-32(2)3)15-20(25(19)35)13-18-8-5-9-21(24(18)28)26(29,30)31/h4-9,12-13H,10-11,14-15H2,1-3H3/b19-12+,20-13+. The number of hydrogen-bond donors (Lipinski definition) is 0. The molecule has 0 spiro atoms. The summed E-state index contributed by atoms with van der Waals surface area (Å²) < 4.78 is 40.0. The van der Waals surface area contributed by atoms with Gasteiger partial charge in [0.15, 0.2) is 5.78 Å². The van der Waals surface area contributed by atoms with Crippen molar-refractivity contribution in [1.82, 2.24) is 9.80 Å². The predicted octanol–water partition coefficient (Wildman–Crippen LogP) is 6.15. The van der Waals surface area contributed by atoms with Gasteiger partial charge in [-0.05, 0) is 55.9 Å². The monoisotopic (exact) mass is 524 g/mol. The Morgan fingerprint density at radius 1 is 1.00 bits per heavy atom. The number of Topliss-reactive ketones (excluding diaryl/α,β-unsaturated/α-hetero) is 1. The van der Waals surface area contributed by atoms with Crippen molar-refractivity contribution in [2.75, 3.05) is 33.7 Å². The van der Waals surface area contributed by atoms with Crippen LogP contribution in [0.4, 0.5) is 13.2 Å². The maximum absolute atomic E-state index is 13.4. The Balaban J connectivity index is 2.06. The zero-order chi connectivity index (χ0) is 25.9. The molecule has 1 heterocycles. The van der Waals surface area contributed by atoms with E-state index < -0.39 is 16.8 Å². The van der Waals surface area contributed by atoms with Crippen molar-refractivity contribution in [3.63, 3.8) is 0 Å². The Morgan fingerprint density at radius 3 is 2.09 bits per heavy atom. The Kier molecular flexibility index (Phi) is 8.46. The van der Waals surface area contributed by atoms with E-state index in [1.807, 2.05) is 32.0 Å². The van der Waals surface area contributed by atoms with Gasteiger partial charge in [0.1, 0.15) is 0 Å². The number of carbonyl (C=O) groups excluding carboxylic acids is 2. The van der Waals surface area contributed by atoms with Crippen molar-refractivity contribution in [2.24, 2.45) is 0 Å². The van der Waals surface area contributed by atoms with Crippen LogP contribution in [0.5, 0.6) is 0 Å². The topological polar surface area (TPSA) is 40.6 Å². The molecule has 9 heteroatoms. The molecule has 0 radical (unpaired) electrons. The summed E-state index contributed by atoms with van der Waals surface area (Å²) in [6.07, 6.45) is -1.44. The summed E-state index contributed by atoms with van der Waals surface area (Å²) in [4.78, 5) is 29.7. The number of piperidine rings is 1. The first-order valence-corrected chi connectivity index (χ1v) is 11.6. The number of nitrogens with zero attached hydrogens (tertiary/aromatic N) is 2. The molecule has 0 saturated carbocycles. The van der Waals surface area contributed by atoms with Crippen LogP contribution in [0.1, 0.15) is 28.7 Å². The number of halogens is 5. The van der Waals surface area contributed by atoms with Crippen molar-refractivity contribution >= 4 is 47.0 Å². The van der Waals surface area contributed by atoms with E-state index in [1.165, 1.54) is 23.1 Å². The minimum absolute atomic E-state index is 0.0312. The molecule has 0 N–H and O–H groups in total. The van der Waals surface area contributed by atoms with Crippen molar-refractivity contribution in [1.29, 1.82) is 0 Å². The van der Waals surface area contributed by atoms with Crippen LogP contribution in [0.2, 0.25) is 10.0 Å². The molecule has 35 heavy (non-hydrogen) atoms. The van der Waals surface area contributed by atoms with Crippen LogP contribution in [0.25, 0.3) is 12.2 Å². The fourth-order valence-corrected chi connectivity index (χ4v) is 4.20. The molecule has 0 unspecified atom stereocenters. The highest BCUT2D eigenvalue weighted by molar-refractivity contribution is 6.33. The van der Waals surface area contributed by atoms with E-state index >= 15 is 0 Å². The largest absolute Gasteiger partial charge is 0.417 e. The molecule has 1 saturated heterocycles. The molecular weight excluding hydrogens is 500 g/mol. The number of carbonyl (C=O) groups is 2. The Morgan fingerprint density at radius 2 is 1.54 bits per heavy atom. The first-order valence-electron chi connectivity index (χ1n) is 10.9. The van der Waals surface area contributed by atoms with Crippen LogP contribution in [0.15, 0.2) is 47.5 Å². The van der Waals surface area contributed by atoms with E-state index in [2.05, 4.69) is 0 Å². The average molecular weight is 525 g/mol. The van der Waals surface area contributed by atoms with Gasteiger partial charge in [0.25, 0.3) is 0 Å². The number of rotatable bonds is 5. The molecule has 2 aromatic rings. The van der Waals surface area contributed by atoms with E-state index in [4.69, 9.17) is 23.2 Å². The summed E-state index contributed by atoms with van der Waals surface area (Å²) in [5.41, 5.74) is 1.00. The number of ketones is 1. The molecule has 2 aromatic carbocycles. The maximum Gasteiger partial charge on any atom is 0.417 e. The molecule has 186 valence electrons. The van der Waals surface area contributed by atoms with E-state index in [1.54, 1.807) is 18.2 Å². The molecule has 3 rings (SSSR count). The molecule has 0 bridgehead atoms. The van der Waals surface area contributed by atoms with Crippen LogP contribution in [0, 0.1) is 6.92 Å². The maximum atomic E-state index is 13.4. The minimum Gasteiger partial charge on any atom is -0.334 e. The Hall–Kier alpha value is -2.61. The van der Waals surface area contributed by atoms with Crippen LogP contribution in [0.3, 0.4) is 0 Å². The highest BCUT2D eigenvalue weighted by Crippen LogP contribution is 2.37. The average Bonchev–Trinajstić information content (AvgIpc) is 2.78. The Labute approximate surface area is 212 Å². The van der Waals surface area contributed by atoms with E-state index in [9.17, 15) is 22.8 Å². The number of alkyl halides is 3. The van der Waals surface area contributed by atoms with E-state index in [-0.39, 0.29) is 42.3 Å². The number of likely N-dealkylation sites (tertiary alicyclic amines) is 1. The predicted molar refractivity (Wildman–Crippen MR) is 133 cm³/mol. The van der Waals surface area contributed by atoms with Gasteiger partial charge in [-0.3, -0.25) is 9.59 Å². The molecule has 0 aliphatic carbocycles. The fourth-order valence-electron chi connectivity index (χ4n) is 3.73. The van der Waals surface area contributed by atoms with Gasteiger partial charge in [-0.2, -0.15) is 13.2 Å². The third kappa shape index (κ3) is 6.54. The number of hydrogen-bond acceptors (Lipinski definition) is 3. The molecule has 1 aliphatic rings. The highest BCUT2D eigenvalue weighted by Gasteiger charge is 2.34. The number of aryl methyl sites for hydroxylation is 1. The quantitative estimate of drug-likeness (QED) is 0.440. The summed E-state index contributed by atoms with van der Waals surface area (Å²) in [6.45, 7) is 2.40. The van der Waals surface area contributed by atoms with Crippen LogP contribution >= 0.6 is 23.2 Å². The lowest BCUT2D eigenvalue weighted by Crippen LogP contribution is -2.42. The zero-order valence-corrected chi connectivity index (χ0v) is 21.1. The third-order valence-corrected chi connectivity index (χ3v) is 6.58. The van der Waals surface area contributed by atoms with E-state index in [0.29, 0.717) is 22.7 Å². The molecule has 4 nitrogen and oxygen atoms in total. The minimum atomic E-state index is -4.64. The normalized spacial score (nSPS) is 17.1. The summed E-state index contributed by atoms with van der Waals surface area (Å²) >= 11 is 12.5. The van der Waals surface area contributed by atoms with Crippen LogP contribution < -0.4 is 0 Å². The Bertz CT molecular complexity index is 1200. The van der Waals surface area contributed by atoms with Gasteiger partial charge in [-0.15, -0.1) is 0 Å². The fraction of sp³-hybridized carbons (Fsp3) is 0.308. The first-order chi connectivity index (χ1) is 16.4. The first kappa shape index (κ1) is 27.0. The molecule has 0 atom stereocenters. The number of benzene rings is 2. The van der Waals surface area contributed by atoms with Gasteiger partial charge in [0, 0.05) is 37.2 Å². The lowest BCUT2D eigenvalue weighted by atomic mass is 9.93. The summed E-state index contributed by atoms with van der Waals surface area (Å²) in [5.74, 6) is -0.541. The molecular formula is C26H25Cl2F3N2O2. The number of amides is 1. The second kappa shape index (κ2) is 11.0. The second-order valence-electron chi connectivity index (χ2n) is 8.66. The van der Waals surface area contributed by atoms with E-state index in [0.717, 1.165) is 11.6 Å². The van der Waals surface area contributed by atoms with Gasteiger partial charge in [-0.1, -0.05) is 53.5 Å². The van der Waals surface area contributed by atoms with Crippen LogP contribution in [-0.2, 0) is 15.8 Å². The van der Waals surface area contributed by atoms with Gasteiger partial charge in [0.2, 0.25) is 5.91 Å². The molecule has 1 amide bonds. The molecule has 0 aromatic heterocycles. The van der Waals surface area contributed by atoms with Crippen LogP contribution in [-0.4, -0.2) is 55.2 Å². The third-order valence-electron chi connectivity index (χ3n) is 5.65. The lowest BCUT2D eigenvalue weighted by Gasteiger charge is -2.30. The zero-order valence-electron chi connectivity index (χ0n) is 19.5. The van der Waals surface area contributed by atoms with Crippen molar-refractivity contribution in [2.45, 2.75) is 19.5 Å². The lowest BCUT2D eigenvalue weighted by molar-refractivity contribution is -0.137. The smallest absolute Gasteiger partial charge is 0.334 e. The summed E-state index contributed by atoms with van der Waals surface area (Å²) in [6, 6.07) is 8.93. The van der Waals surface area contributed by atoms with Gasteiger partial charge in [-0.25, -0.2) is 0 Å².